The van der Waals surface area contributed by atoms with E-state index in [1.165, 1.54) is 0 Å². The van der Waals surface area contributed by atoms with Crippen LogP contribution in [0, 0.1) is 0 Å². The molecule has 0 radical (unpaired) electrons. The molecule has 0 amide bonds. The molecular weight excluding hydrogens is 315 g/mol. The normalized spacial score (nSPS) is 8.92. The molecule has 0 aliphatic carbocycles. The summed E-state index contributed by atoms with van der Waals surface area (Å²) in [6, 6.07) is 0. The Balaban J connectivity index is -0.0000000267. The average Bonchev–Trinajstić information content (AvgIpc) is 1.12. The van der Waals surface area contributed by atoms with Crippen molar-refractivity contribution in [2.24, 2.45) is 0 Å². The Labute approximate surface area is 92.9 Å². The van der Waals surface area contributed by atoms with Crippen LogP contribution in [0.25, 0.3) is 0 Å². The van der Waals surface area contributed by atoms with Gasteiger partial charge in [-0.3, -0.25) is 18.2 Å². The molecule has 0 atom stereocenters. The Morgan fingerprint density at radius 3 is 0.615 bits per heavy atom. The molecule has 0 aliphatic rings. The molecule has 0 rings (SSSR count). The predicted molar refractivity (Wildman–Crippen MR) is 35.6 cm³/mol. The third kappa shape index (κ3) is 4730. The first-order valence-electron chi connectivity index (χ1n) is 1.40. The van der Waals surface area contributed by atoms with Gasteiger partial charge < -0.3 is 11.0 Å². The van der Waals surface area contributed by atoms with Crippen molar-refractivity contribution in [3.05, 3.63) is 0 Å². The molecule has 0 aromatic rings. The molecule has 10 nitrogen and oxygen atoms in total. The van der Waals surface area contributed by atoms with Crippen molar-refractivity contribution in [3.8, 4) is 0 Å². The van der Waals surface area contributed by atoms with Crippen molar-refractivity contribution in [1.29, 1.82) is 0 Å². The number of hydrogen-bond donors (Lipinski definition) is 4. The van der Waals surface area contributed by atoms with E-state index >= 15 is 0 Å². The number of hydrogen-bond acceptors (Lipinski definition) is 4. The van der Waals surface area contributed by atoms with E-state index in [9.17, 15) is 0 Å². The molecule has 84 valence electrons. The summed E-state index contributed by atoms with van der Waals surface area (Å²) in [5, 5.41) is 0. The van der Waals surface area contributed by atoms with E-state index in [-0.39, 0.29) is 37.2 Å². The van der Waals surface area contributed by atoms with Crippen LogP contribution in [0.1, 0.15) is 0 Å². The summed E-state index contributed by atoms with van der Waals surface area (Å²) in [6.45, 7) is 0. The molecule has 0 aliphatic heterocycles. The minimum atomic E-state index is -4.67. The maximum atomic E-state index is 8.74. The minimum absolute atomic E-state index is 0. The van der Waals surface area contributed by atoms with Crippen LogP contribution in [0.2, 0.25) is 0 Å². The fourth-order valence-corrected chi connectivity index (χ4v) is 0. The van der Waals surface area contributed by atoms with E-state index in [1.807, 2.05) is 0 Å². The second-order valence-electron chi connectivity index (χ2n) is 0.896. The van der Waals surface area contributed by atoms with Gasteiger partial charge in [0.25, 0.3) is 0 Å². The van der Waals surface area contributed by atoms with Crippen molar-refractivity contribution < 1.29 is 72.2 Å². The van der Waals surface area contributed by atoms with Crippen molar-refractivity contribution >= 4 is 20.8 Å². The van der Waals surface area contributed by atoms with Crippen LogP contribution in [0.4, 0.5) is 0 Å². The zero-order chi connectivity index (χ0) is 9.00. The molecule has 0 fully saturated rings. The van der Waals surface area contributed by atoms with E-state index < -0.39 is 20.8 Å². The summed E-state index contributed by atoms with van der Waals surface area (Å²) in [5.74, 6) is 0. The molecule has 13 heavy (non-hydrogen) atoms. The van der Waals surface area contributed by atoms with Crippen LogP contribution < -0.4 is 0 Å². The first-order chi connectivity index (χ1) is 4.00. The van der Waals surface area contributed by atoms with Crippen LogP contribution >= 0.6 is 0 Å². The molecule has 8 N–H and O–H groups in total. The van der Waals surface area contributed by atoms with Crippen LogP contribution in [-0.4, -0.2) is 46.0 Å². The topological polar surface area (TPSA) is 212 Å². The van der Waals surface area contributed by atoms with Gasteiger partial charge in [0, 0.05) is 26.2 Å². The van der Waals surface area contributed by atoms with Gasteiger partial charge in [0.2, 0.25) is 0 Å². The molecule has 0 bridgehead atoms. The standard InChI is InChI=1S/2H2O4S.2H2O.Zr/c2*1-5(2,3)4;;;/h2*(H2,1,2,3,4);2*1H2;. The first-order valence-corrected chi connectivity index (χ1v) is 4.19. The van der Waals surface area contributed by atoms with Crippen LogP contribution in [-0.2, 0) is 47.0 Å². The Bertz CT molecular complexity index is 209. The Morgan fingerprint density at radius 1 is 0.615 bits per heavy atom. The van der Waals surface area contributed by atoms with Gasteiger partial charge in [-0.05, 0) is 0 Å². The zero-order valence-corrected chi connectivity index (χ0v) is 9.83. The summed E-state index contributed by atoms with van der Waals surface area (Å²) in [4.78, 5) is 0. The SMILES string of the molecule is O.O.O=S(=O)(O)O.O=S(=O)(O)O.[Zr]. The van der Waals surface area contributed by atoms with Gasteiger partial charge in [-0.15, -0.1) is 0 Å². The minimum Gasteiger partial charge on any atom is -0.412 e. The monoisotopic (exact) mass is 322 g/mol. The summed E-state index contributed by atoms with van der Waals surface area (Å²) in [6.07, 6.45) is 0. The third-order valence-corrected chi connectivity index (χ3v) is 0. The van der Waals surface area contributed by atoms with Crippen molar-refractivity contribution in [1.82, 2.24) is 0 Å². The summed E-state index contributed by atoms with van der Waals surface area (Å²) in [5.41, 5.74) is 0. The fourth-order valence-electron chi connectivity index (χ4n) is 0. The van der Waals surface area contributed by atoms with Gasteiger partial charge in [-0.25, -0.2) is 0 Å². The quantitative estimate of drug-likeness (QED) is 0.337. The van der Waals surface area contributed by atoms with Gasteiger partial charge >= 0.3 is 20.8 Å². The third-order valence-electron chi connectivity index (χ3n) is 0. The van der Waals surface area contributed by atoms with E-state index in [0.29, 0.717) is 0 Å². The molecule has 13 heteroatoms. The van der Waals surface area contributed by atoms with E-state index in [1.54, 1.807) is 0 Å². The Hall–Kier alpha value is 0.543. The molecule has 0 saturated heterocycles. The van der Waals surface area contributed by atoms with E-state index in [0.717, 1.165) is 0 Å². The smallest absolute Gasteiger partial charge is 0.394 e. The largest absolute Gasteiger partial charge is 0.412 e. The van der Waals surface area contributed by atoms with Crippen LogP contribution in [0.5, 0.6) is 0 Å². The zero-order valence-electron chi connectivity index (χ0n) is 5.74. The molecule has 0 aromatic heterocycles. The summed E-state index contributed by atoms with van der Waals surface area (Å²) < 4.78 is 63.2. The molecule has 0 heterocycles. The molecule has 0 unspecified atom stereocenters. The van der Waals surface area contributed by atoms with Crippen molar-refractivity contribution in [3.63, 3.8) is 0 Å². The molecular formula is H8O10S2Zr. The first kappa shape index (κ1) is 29.2. The van der Waals surface area contributed by atoms with Crippen molar-refractivity contribution in [2.75, 3.05) is 0 Å². The fraction of sp³-hybridized carbons (Fsp3) is 0. The van der Waals surface area contributed by atoms with E-state index in [2.05, 4.69) is 0 Å². The van der Waals surface area contributed by atoms with E-state index in [4.69, 9.17) is 35.0 Å². The Kier molecular flexibility index (Phi) is 23.9. The van der Waals surface area contributed by atoms with Crippen LogP contribution in [0.15, 0.2) is 0 Å². The second kappa shape index (κ2) is 10.6. The molecule has 0 aromatic carbocycles. The predicted octanol–water partition coefficient (Wildman–Crippen LogP) is -2.96. The van der Waals surface area contributed by atoms with Gasteiger partial charge in [0.15, 0.2) is 0 Å². The molecule has 0 spiro atoms. The van der Waals surface area contributed by atoms with Gasteiger partial charge in [-0.2, -0.15) is 16.8 Å². The maximum absolute atomic E-state index is 8.74. The van der Waals surface area contributed by atoms with Crippen LogP contribution in [0.3, 0.4) is 0 Å². The maximum Gasteiger partial charge on any atom is 0.394 e. The number of rotatable bonds is 0. The average molecular weight is 323 g/mol. The van der Waals surface area contributed by atoms with Crippen molar-refractivity contribution in [2.45, 2.75) is 0 Å². The van der Waals surface area contributed by atoms with Gasteiger partial charge in [0.05, 0.1) is 0 Å². The second-order valence-corrected chi connectivity index (χ2v) is 2.69. The Morgan fingerprint density at radius 2 is 0.615 bits per heavy atom. The molecule has 0 saturated carbocycles. The van der Waals surface area contributed by atoms with Gasteiger partial charge in [0.1, 0.15) is 0 Å². The summed E-state index contributed by atoms with van der Waals surface area (Å²) in [7, 11) is -9.33. The summed E-state index contributed by atoms with van der Waals surface area (Å²) >= 11 is 0. The van der Waals surface area contributed by atoms with Gasteiger partial charge in [-0.1, -0.05) is 0 Å².